The summed E-state index contributed by atoms with van der Waals surface area (Å²) >= 11 is 3.38. The summed E-state index contributed by atoms with van der Waals surface area (Å²) in [4.78, 5) is 11.7. The van der Waals surface area contributed by atoms with E-state index in [9.17, 15) is 4.79 Å². The highest BCUT2D eigenvalue weighted by Crippen LogP contribution is 2.12. The molecule has 0 aliphatic heterocycles. The monoisotopic (exact) mass is 372 g/mol. The van der Waals surface area contributed by atoms with Crippen LogP contribution in [0.5, 0.6) is 5.75 Å². The summed E-state index contributed by atoms with van der Waals surface area (Å²) in [7, 11) is 0. The summed E-state index contributed by atoms with van der Waals surface area (Å²) < 4.78 is 6.14. The van der Waals surface area contributed by atoms with Gasteiger partial charge < -0.3 is 4.74 Å². The van der Waals surface area contributed by atoms with E-state index in [-0.39, 0.29) is 12.5 Å². The average Bonchev–Trinajstić information content (AvgIpc) is 2.54. The fourth-order valence-corrected chi connectivity index (χ4v) is 2.16. The molecular weight excluding hydrogens is 356 g/mol. The number of carbonyl (C=O) groups is 1. The molecule has 1 amide bonds. The smallest absolute Gasteiger partial charge is 0.277 e. The quantitative estimate of drug-likeness (QED) is 0.617. The number of nitrogens with zero attached hydrogens (tertiary/aromatic N) is 1. The van der Waals surface area contributed by atoms with E-state index in [1.54, 1.807) is 0 Å². The highest BCUT2D eigenvalue weighted by atomic mass is 79.9. The van der Waals surface area contributed by atoms with Crippen molar-refractivity contribution in [3.8, 4) is 5.75 Å². The number of carbonyl (C=O) groups excluding carboxylic acids is 1. The Kier molecular flexibility index (Phi) is 6.56. The fraction of sp³-hybridized carbons (Fsp3) is 0.111. The van der Waals surface area contributed by atoms with Gasteiger partial charge in [0.05, 0.1) is 6.21 Å². The van der Waals surface area contributed by atoms with Crippen molar-refractivity contribution in [2.45, 2.75) is 6.92 Å². The molecule has 118 valence electrons. The van der Waals surface area contributed by atoms with Gasteiger partial charge in [-0.2, -0.15) is 5.10 Å². The van der Waals surface area contributed by atoms with E-state index in [4.69, 9.17) is 4.74 Å². The third kappa shape index (κ3) is 6.48. The molecule has 0 saturated carbocycles. The molecule has 0 spiro atoms. The molecule has 4 nitrogen and oxygen atoms in total. The molecule has 0 saturated heterocycles. The Bertz CT molecular complexity index is 712. The van der Waals surface area contributed by atoms with Crippen LogP contribution in [0.25, 0.3) is 6.08 Å². The molecule has 1 N–H and O–H groups in total. The number of hydrogen-bond donors (Lipinski definition) is 1. The number of halogens is 1. The average molecular weight is 373 g/mol. The van der Waals surface area contributed by atoms with Crippen molar-refractivity contribution in [1.82, 2.24) is 5.43 Å². The zero-order valence-electron chi connectivity index (χ0n) is 12.7. The van der Waals surface area contributed by atoms with E-state index in [1.165, 1.54) is 6.21 Å². The summed E-state index contributed by atoms with van der Waals surface area (Å²) in [5.41, 5.74) is 4.54. The summed E-state index contributed by atoms with van der Waals surface area (Å²) in [6.45, 7) is 1.88. The SMILES string of the molecule is Cc1cccc(OCC(=O)NN=CC(Br)=Cc2ccccc2)c1. The van der Waals surface area contributed by atoms with Crippen LogP contribution in [0.4, 0.5) is 0 Å². The second kappa shape index (κ2) is 8.90. The number of benzene rings is 2. The largest absolute Gasteiger partial charge is 0.484 e. The van der Waals surface area contributed by atoms with Gasteiger partial charge in [0.15, 0.2) is 6.61 Å². The molecule has 0 unspecified atom stereocenters. The van der Waals surface area contributed by atoms with Crippen LogP contribution >= 0.6 is 15.9 Å². The Hall–Kier alpha value is -2.40. The molecule has 2 aromatic rings. The number of amides is 1. The van der Waals surface area contributed by atoms with Crippen molar-refractivity contribution in [3.63, 3.8) is 0 Å². The van der Waals surface area contributed by atoms with Gasteiger partial charge in [-0.15, -0.1) is 0 Å². The minimum Gasteiger partial charge on any atom is -0.484 e. The number of aryl methyl sites for hydroxylation is 1. The van der Waals surface area contributed by atoms with Crippen LogP contribution in [-0.4, -0.2) is 18.7 Å². The molecule has 0 aromatic heterocycles. The van der Waals surface area contributed by atoms with Gasteiger partial charge in [-0.1, -0.05) is 42.5 Å². The second-order valence-corrected chi connectivity index (χ2v) is 5.75. The lowest BCUT2D eigenvalue weighted by Crippen LogP contribution is -2.24. The molecule has 0 heterocycles. The maximum Gasteiger partial charge on any atom is 0.277 e. The first-order chi connectivity index (χ1) is 11.1. The number of hydrogen-bond acceptors (Lipinski definition) is 3. The number of allylic oxidation sites excluding steroid dienone is 1. The summed E-state index contributed by atoms with van der Waals surface area (Å²) in [5, 5.41) is 3.88. The van der Waals surface area contributed by atoms with Crippen molar-refractivity contribution < 1.29 is 9.53 Å². The van der Waals surface area contributed by atoms with Crippen LogP contribution in [0.1, 0.15) is 11.1 Å². The van der Waals surface area contributed by atoms with E-state index in [0.717, 1.165) is 15.6 Å². The van der Waals surface area contributed by atoms with Gasteiger partial charge in [-0.3, -0.25) is 4.79 Å². The van der Waals surface area contributed by atoms with Gasteiger partial charge in [0.25, 0.3) is 5.91 Å². The fourth-order valence-electron chi connectivity index (χ4n) is 1.80. The van der Waals surface area contributed by atoms with Crippen molar-refractivity contribution in [1.29, 1.82) is 0 Å². The highest BCUT2D eigenvalue weighted by Gasteiger charge is 2.01. The maximum atomic E-state index is 11.7. The Morgan fingerprint density at radius 1 is 1.22 bits per heavy atom. The first kappa shape index (κ1) is 17.0. The Morgan fingerprint density at radius 2 is 2.00 bits per heavy atom. The van der Waals surface area contributed by atoms with Crippen LogP contribution in [-0.2, 0) is 4.79 Å². The Balaban J connectivity index is 1.78. The molecular formula is C18H17BrN2O2. The molecule has 0 aliphatic rings. The van der Waals surface area contributed by atoms with Crippen LogP contribution in [0, 0.1) is 6.92 Å². The summed E-state index contributed by atoms with van der Waals surface area (Å²) in [6, 6.07) is 17.3. The lowest BCUT2D eigenvalue weighted by Gasteiger charge is -2.05. The van der Waals surface area contributed by atoms with Gasteiger partial charge in [0.2, 0.25) is 0 Å². The van der Waals surface area contributed by atoms with Gasteiger partial charge in [0, 0.05) is 4.48 Å². The van der Waals surface area contributed by atoms with E-state index in [1.807, 2.05) is 67.6 Å². The molecule has 23 heavy (non-hydrogen) atoms. The lowest BCUT2D eigenvalue weighted by atomic mass is 10.2. The number of ether oxygens (including phenoxy) is 1. The molecule has 2 aromatic carbocycles. The second-order valence-electron chi connectivity index (χ2n) is 4.84. The first-order valence-corrected chi connectivity index (χ1v) is 7.86. The van der Waals surface area contributed by atoms with Crippen molar-refractivity contribution in [3.05, 3.63) is 70.2 Å². The normalized spacial score (nSPS) is 11.5. The van der Waals surface area contributed by atoms with E-state index in [2.05, 4.69) is 26.5 Å². The Morgan fingerprint density at radius 3 is 2.74 bits per heavy atom. The zero-order valence-corrected chi connectivity index (χ0v) is 14.3. The first-order valence-electron chi connectivity index (χ1n) is 7.07. The van der Waals surface area contributed by atoms with Crippen molar-refractivity contribution in [2.75, 3.05) is 6.61 Å². The molecule has 0 aliphatic carbocycles. The molecule has 0 bridgehead atoms. The zero-order chi connectivity index (χ0) is 16.5. The van der Waals surface area contributed by atoms with Gasteiger partial charge in [0.1, 0.15) is 5.75 Å². The molecule has 0 fully saturated rings. The minimum absolute atomic E-state index is 0.0825. The maximum absolute atomic E-state index is 11.7. The number of rotatable bonds is 6. The predicted molar refractivity (Wildman–Crippen MR) is 96.7 cm³/mol. The standard InChI is InChI=1S/C18H17BrN2O2/c1-14-6-5-9-17(10-14)23-13-18(22)21-20-12-16(19)11-15-7-3-2-4-8-15/h2-12H,13H2,1H3,(H,21,22). The predicted octanol–water partition coefficient (Wildman–Crippen LogP) is 3.91. The van der Waals surface area contributed by atoms with Crippen LogP contribution in [0.15, 0.2) is 64.2 Å². The highest BCUT2D eigenvalue weighted by molar-refractivity contribution is 9.12. The third-order valence-corrected chi connectivity index (χ3v) is 3.27. The molecule has 2 rings (SSSR count). The molecule has 0 radical (unpaired) electrons. The molecule has 5 heteroatoms. The van der Waals surface area contributed by atoms with Gasteiger partial charge >= 0.3 is 0 Å². The lowest BCUT2D eigenvalue weighted by molar-refractivity contribution is -0.123. The van der Waals surface area contributed by atoms with E-state index >= 15 is 0 Å². The number of hydrazone groups is 1. The third-order valence-electron chi connectivity index (χ3n) is 2.84. The number of nitrogens with one attached hydrogen (secondary N) is 1. The van der Waals surface area contributed by atoms with Crippen molar-refractivity contribution in [2.24, 2.45) is 5.10 Å². The van der Waals surface area contributed by atoms with Gasteiger partial charge in [-0.25, -0.2) is 5.43 Å². The van der Waals surface area contributed by atoms with E-state index < -0.39 is 0 Å². The van der Waals surface area contributed by atoms with Crippen LogP contribution < -0.4 is 10.2 Å². The van der Waals surface area contributed by atoms with E-state index in [0.29, 0.717) is 5.75 Å². The van der Waals surface area contributed by atoms with Crippen molar-refractivity contribution >= 4 is 34.1 Å². The van der Waals surface area contributed by atoms with Gasteiger partial charge in [-0.05, 0) is 52.2 Å². The summed E-state index contributed by atoms with van der Waals surface area (Å²) in [6.07, 6.45) is 3.43. The van der Waals surface area contributed by atoms with Crippen LogP contribution in [0.2, 0.25) is 0 Å². The Labute approximate surface area is 144 Å². The summed E-state index contributed by atoms with van der Waals surface area (Å²) in [5.74, 6) is 0.344. The molecule has 0 atom stereocenters. The topological polar surface area (TPSA) is 50.7 Å². The minimum atomic E-state index is -0.317. The van der Waals surface area contributed by atoms with Crippen LogP contribution in [0.3, 0.4) is 0 Å².